The van der Waals surface area contributed by atoms with Crippen molar-refractivity contribution in [2.24, 2.45) is 11.3 Å². The van der Waals surface area contributed by atoms with Crippen LogP contribution in [0.1, 0.15) is 34.6 Å². The van der Waals surface area contributed by atoms with Gasteiger partial charge in [-0.05, 0) is 30.7 Å². The maximum absolute atomic E-state index is 2.42. The Morgan fingerprint density at radius 1 is 1.43 bits per heavy atom. The van der Waals surface area contributed by atoms with E-state index in [9.17, 15) is 0 Å². The normalized spacial score (nSPS) is 21.0. The van der Waals surface area contributed by atoms with E-state index in [0.717, 1.165) is 13.1 Å². The highest BCUT2D eigenvalue weighted by atomic mass is 15.1. The van der Waals surface area contributed by atoms with Crippen molar-refractivity contribution in [3.8, 4) is 0 Å². The van der Waals surface area contributed by atoms with Crippen molar-refractivity contribution in [1.82, 2.24) is 4.90 Å². The Morgan fingerprint density at radius 3 is 2.57 bits per heavy atom. The van der Waals surface area contributed by atoms with Crippen LogP contribution >= 0.6 is 0 Å². The van der Waals surface area contributed by atoms with Gasteiger partial charge < -0.3 is 4.90 Å². The topological polar surface area (TPSA) is 3.24 Å². The molecule has 14 heavy (non-hydrogen) atoms. The molecule has 0 amide bonds. The average molecular weight is 193 g/mol. The van der Waals surface area contributed by atoms with Gasteiger partial charge in [0.05, 0.1) is 0 Å². The predicted molar refractivity (Wildman–Crippen MR) is 63.1 cm³/mol. The molecule has 1 heteroatoms. The lowest BCUT2D eigenvalue weighted by molar-refractivity contribution is 0.291. The molecular formula is C13H23N. The summed E-state index contributed by atoms with van der Waals surface area (Å²) in [5.74, 6) is 0.627. The number of allylic oxidation sites excluding steroid dienone is 2. The van der Waals surface area contributed by atoms with E-state index >= 15 is 0 Å². The molecule has 1 nitrogen and oxygen atoms in total. The second kappa shape index (κ2) is 4.20. The third-order valence-corrected chi connectivity index (χ3v) is 2.72. The van der Waals surface area contributed by atoms with E-state index in [1.54, 1.807) is 0 Å². The van der Waals surface area contributed by atoms with Gasteiger partial charge in [-0.3, -0.25) is 0 Å². The molecule has 1 heterocycles. The molecular weight excluding hydrogens is 170 g/mol. The van der Waals surface area contributed by atoms with Crippen LogP contribution in [-0.4, -0.2) is 18.0 Å². The van der Waals surface area contributed by atoms with Gasteiger partial charge in [0.2, 0.25) is 0 Å². The van der Waals surface area contributed by atoms with Crippen LogP contribution in [0, 0.1) is 11.3 Å². The Hall–Kier alpha value is -0.720. The third-order valence-electron chi connectivity index (χ3n) is 2.72. The van der Waals surface area contributed by atoms with Crippen molar-refractivity contribution >= 4 is 0 Å². The van der Waals surface area contributed by atoms with Crippen LogP contribution in [0.15, 0.2) is 23.9 Å². The maximum Gasteiger partial charge on any atom is 0.0258 e. The SMILES string of the molecule is CCN1C=CC(C(C)C)=CC(C)(C)C1. The molecule has 0 N–H and O–H groups in total. The van der Waals surface area contributed by atoms with Gasteiger partial charge in [-0.2, -0.15) is 0 Å². The minimum Gasteiger partial charge on any atom is -0.377 e. The summed E-state index contributed by atoms with van der Waals surface area (Å²) in [7, 11) is 0. The van der Waals surface area contributed by atoms with Gasteiger partial charge >= 0.3 is 0 Å². The molecule has 0 radical (unpaired) electrons. The predicted octanol–water partition coefficient (Wildman–Crippen LogP) is 3.44. The van der Waals surface area contributed by atoms with E-state index in [-0.39, 0.29) is 0 Å². The molecule has 0 unspecified atom stereocenters. The van der Waals surface area contributed by atoms with E-state index in [2.05, 4.69) is 57.9 Å². The molecule has 0 saturated carbocycles. The summed E-state index contributed by atoms with van der Waals surface area (Å²) >= 11 is 0. The van der Waals surface area contributed by atoms with Gasteiger partial charge in [0.25, 0.3) is 0 Å². The molecule has 1 aliphatic heterocycles. The second-order valence-electron chi connectivity index (χ2n) is 5.17. The number of hydrogen-bond donors (Lipinski definition) is 0. The highest BCUT2D eigenvalue weighted by Gasteiger charge is 2.20. The molecule has 0 spiro atoms. The fraction of sp³-hybridized carbons (Fsp3) is 0.692. The quantitative estimate of drug-likeness (QED) is 0.649. The minimum absolute atomic E-state index is 0.291. The highest BCUT2D eigenvalue weighted by molar-refractivity contribution is 5.25. The first kappa shape index (κ1) is 11.4. The lowest BCUT2D eigenvalue weighted by Gasteiger charge is -2.27. The first-order valence-corrected chi connectivity index (χ1v) is 5.59. The van der Waals surface area contributed by atoms with Crippen LogP contribution in [0.2, 0.25) is 0 Å². The number of nitrogens with zero attached hydrogens (tertiary/aromatic N) is 1. The number of rotatable bonds is 2. The van der Waals surface area contributed by atoms with Crippen LogP contribution in [0.4, 0.5) is 0 Å². The zero-order chi connectivity index (χ0) is 10.8. The van der Waals surface area contributed by atoms with Crippen molar-refractivity contribution in [3.63, 3.8) is 0 Å². The summed E-state index contributed by atoms with van der Waals surface area (Å²) in [5, 5.41) is 0. The van der Waals surface area contributed by atoms with Crippen molar-refractivity contribution in [2.45, 2.75) is 34.6 Å². The zero-order valence-electron chi connectivity index (χ0n) is 10.2. The fourth-order valence-corrected chi connectivity index (χ4v) is 1.89. The lowest BCUT2D eigenvalue weighted by atomic mass is 9.88. The van der Waals surface area contributed by atoms with Gasteiger partial charge in [0, 0.05) is 18.5 Å². The molecule has 0 aromatic carbocycles. The standard InChI is InChI=1S/C13H23N/c1-6-14-8-7-12(11(2)3)9-13(4,5)10-14/h7-9,11H,6,10H2,1-5H3. The molecule has 0 bridgehead atoms. The van der Waals surface area contributed by atoms with E-state index in [4.69, 9.17) is 0 Å². The molecule has 0 atom stereocenters. The minimum atomic E-state index is 0.291. The monoisotopic (exact) mass is 193 g/mol. The Morgan fingerprint density at radius 2 is 2.07 bits per heavy atom. The second-order valence-corrected chi connectivity index (χ2v) is 5.17. The smallest absolute Gasteiger partial charge is 0.0258 e. The highest BCUT2D eigenvalue weighted by Crippen LogP contribution is 2.27. The van der Waals surface area contributed by atoms with Gasteiger partial charge in [-0.1, -0.05) is 33.8 Å². The number of hydrogen-bond acceptors (Lipinski definition) is 1. The summed E-state index contributed by atoms with van der Waals surface area (Å²) in [6.45, 7) is 13.6. The van der Waals surface area contributed by atoms with E-state index in [0.29, 0.717) is 11.3 Å². The zero-order valence-corrected chi connectivity index (χ0v) is 10.2. The molecule has 0 aliphatic carbocycles. The third kappa shape index (κ3) is 2.90. The van der Waals surface area contributed by atoms with Crippen molar-refractivity contribution in [3.05, 3.63) is 23.9 Å². The van der Waals surface area contributed by atoms with Gasteiger partial charge in [0.1, 0.15) is 0 Å². The Balaban J connectivity index is 2.90. The Labute approximate surface area is 88.5 Å². The summed E-state index contributed by atoms with van der Waals surface area (Å²) in [6, 6.07) is 0. The van der Waals surface area contributed by atoms with E-state index in [1.807, 2.05) is 0 Å². The van der Waals surface area contributed by atoms with E-state index < -0.39 is 0 Å². The Kier molecular flexibility index (Phi) is 3.41. The first-order valence-electron chi connectivity index (χ1n) is 5.59. The molecule has 80 valence electrons. The van der Waals surface area contributed by atoms with Crippen LogP contribution in [0.25, 0.3) is 0 Å². The van der Waals surface area contributed by atoms with Crippen LogP contribution < -0.4 is 0 Å². The summed E-state index contributed by atoms with van der Waals surface area (Å²) in [5.41, 5.74) is 1.75. The molecule has 0 aromatic rings. The summed E-state index contributed by atoms with van der Waals surface area (Å²) in [4.78, 5) is 2.38. The lowest BCUT2D eigenvalue weighted by Crippen LogP contribution is -2.28. The van der Waals surface area contributed by atoms with Crippen molar-refractivity contribution in [2.75, 3.05) is 13.1 Å². The van der Waals surface area contributed by atoms with Crippen LogP contribution in [0.3, 0.4) is 0 Å². The van der Waals surface area contributed by atoms with Gasteiger partial charge in [-0.25, -0.2) is 0 Å². The molecule has 1 aliphatic rings. The summed E-state index contributed by atoms with van der Waals surface area (Å²) in [6.07, 6.45) is 6.92. The Bertz CT molecular complexity index is 246. The molecule has 0 fully saturated rings. The van der Waals surface area contributed by atoms with Crippen molar-refractivity contribution in [1.29, 1.82) is 0 Å². The first-order chi connectivity index (χ1) is 6.44. The largest absolute Gasteiger partial charge is 0.377 e. The molecule has 0 aromatic heterocycles. The molecule has 1 rings (SSSR count). The van der Waals surface area contributed by atoms with Crippen LogP contribution in [0.5, 0.6) is 0 Å². The maximum atomic E-state index is 2.42. The fourth-order valence-electron chi connectivity index (χ4n) is 1.89. The summed E-state index contributed by atoms with van der Waals surface area (Å²) < 4.78 is 0. The van der Waals surface area contributed by atoms with Crippen molar-refractivity contribution < 1.29 is 0 Å². The van der Waals surface area contributed by atoms with Gasteiger partial charge in [-0.15, -0.1) is 0 Å². The molecule has 0 saturated heterocycles. The average Bonchev–Trinajstić information content (AvgIpc) is 2.23. The van der Waals surface area contributed by atoms with Crippen LogP contribution in [-0.2, 0) is 0 Å². The van der Waals surface area contributed by atoms with E-state index in [1.165, 1.54) is 5.57 Å². The van der Waals surface area contributed by atoms with Gasteiger partial charge in [0.15, 0.2) is 0 Å².